The lowest BCUT2D eigenvalue weighted by molar-refractivity contribution is 0.249. The molecule has 0 unspecified atom stereocenters. The second-order valence-corrected chi connectivity index (χ2v) is 7.62. The van der Waals surface area contributed by atoms with E-state index in [0.717, 1.165) is 11.8 Å². The number of anilines is 1. The van der Waals surface area contributed by atoms with Gasteiger partial charge in [-0.25, -0.2) is 13.2 Å². The van der Waals surface area contributed by atoms with Crippen LogP contribution in [0.5, 0.6) is 0 Å². The van der Waals surface area contributed by atoms with E-state index >= 15 is 0 Å². The fourth-order valence-electron chi connectivity index (χ4n) is 1.98. The van der Waals surface area contributed by atoms with E-state index in [-0.39, 0.29) is 17.0 Å². The minimum absolute atomic E-state index is 0.249. The van der Waals surface area contributed by atoms with E-state index in [9.17, 15) is 13.2 Å². The summed E-state index contributed by atoms with van der Waals surface area (Å²) < 4.78 is 22.9. The van der Waals surface area contributed by atoms with Crippen molar-refractivity contribution in [1.82, 2.24) is 5.32 Å². The quantitative estimate of drug-likeness (QED) is 0.882. The molecule has 0 radical (unpaired) electrons. The molecule has 0 bridgehead atoms. The molecule has 0 aromatic heterocycles. The predicted molar refractivity (Wildman–Crippen MR) is 91.6 cm³/mol. The van der Waals surface area contributed by atoms with E-state index in [1.807, 2.05) is 6.92 Å². The lowest BCUT2D eigenvalue weighted by Crippen LogP contribution is -2.31. The number of benzene rings is 2. The fourth-order valence-corrected chi connectivity index (χ4v) is 2.74. The number of carbonyl (C=O) groups is 1. The second-order valence-electron chi connectivity index (χ2n) is 5.17. The summed E-state index contributed by atoms with van der Waals surface area (Å²) in [5, 5.41) is 6.08. The van der Waals surface area contributed by atoms with Crippen molar-refractivity contribution in [2.24, 2.45) is 0 Å². The minimum Gasteiger partial charge on any atom is -0.331 e. The van der Waals surface area contributed by atoms with Gasteiger partial charge in [-0.05, 0) is 48.9 Å². The molecule has 0 saturated carbocycles. The van der Waals surface area contributed by atoms with Crippen LogP contribution in [0.4, 0.5) is 10.5 Å². The third-order valence-corrected chi connectivity index (χ3v) is 4.64. The molecule has 0 spiro atoms. The Kier molecular flexibility index (Phi) is 5.28. The van der Waals surface area contributed by atoms with Crippen molar-refractivity contribution < 1.29 is 13.2 Å². The van der Waals surface area contributed by atoms with Gasteiger partial charge in [0.1, 0.15) is 0 Å². The molecular weight excluding hydrogens is 336 g/mol. The van der Waals surface area contributed by atoms with Gasteiger partial charge in [0.25, 0.3) is 0 Å². The number of sulfone groups is 1. The van der Waals surface area contributed by atoms with Gasteiger partial charge in [-0.2, -0.15) is 0 Å². The number of amides is 2. The van der Waals surface area contributed by atoms with Crippen molar-refractivity contribution in [3.63, 3.8) is 0 Å². The Balaban J connectivity index is 1.99. The van der Waals surface area contributed by atoms with E-state index in [1.165, 1.54) is 12.1 Å². The summed E-state index contributed by atoms with van der Waals surface area (Å²) in [6, 6.07) is 12.6. The zero-order chi connectivity index (χ0) is 17.0. The fraction of sp³-hybridized carbons (Fsp3) is 0.188. The van der Waals surface area contributed by atoms with Gasteiger partial charge in [0.05, 0.1) is 10.9 Å². The zero-order valence-corrected chi connectivity index (χ0v) is 14.3. The van der Waals surface area contributed by atoms with Crippen molar-refractivity contribution in [1.29, 1.82) is 0 Å². The molecule has 1 atom stereocenters. The van der Waals surface area contributed by atoms with Gasteiger partial charge < -0.3 is 10.6 Å². The molecule has 2 aromatic rings. The Hall–Kier alpha value is -2.05. The van der Waals surface area contributed by atoms with Crippen molar-refractivity contribution >= 4 is 33.2 Å². The van der Waals surface area contributed by atoms with E-state index in [4.69, 9.17) is 11.6 Å². The molecule has 0 aliphatic rings. The normalized spacial score (nSPS) is 12.5. The van der Waals surface area contributed by atoms with Crippen LogP contribution in [0.1, 0.15) is 18.5 Å². The Morgan fingerprint density at radius 1 is 1.04 bits per heavy atom. The van der Waals surface area contributed by atoms with Crippen LogP contribution in [-0.4, -0.2) is 20.7 Å². The highest BCUT2D eigenvalue weighted by Gasteiger charge is 2.12. The van der Waals surface area contributed by atoms with Gasteiger partial charge >= 0.3 is 6.03 Å². The van der Waals surface area contributed by atoms with E-state index in [0.29, 0.717) is 10.7 Å². The number of hydrogen-bond acceptors (Lipinski definition) is 3. The Morgan fingerprint density at radius 2 is 1.61 bits per heavy atom. The number of rotatable bonds is 4. The molecule has 0 aliphatic carbocycles. The molecule has 7 heteroatoms. The summed E-state index contributed by atoms with van der Waals surface area (Å²) in [6.45, 7) is 1.82. The Labute approximate surface area is 140 Å². The van der Waals surface area contributed by atoms with Gasteiger partial charge in [-0.15, -0.1) is 0 Å². The number of halogens is 1. The number of nitrogens with one attached hydrogen (secondary N) is 2. The summed E-state index contributed by atoms with van der Waals surface area (Å²) in [7, 11) is -3.22. The van der Waals surface area contributed by atoms with Crippen molar-refractivity contribution in [2.75, 3.05) is 11.6 Å². The highest BCUT2D eigenvalue weighted by molar-refractivity contribution is 7.90. The minimum atomic E-state index is -3.22. The highest BCUT2D eigenvalue weighted by atomic mass is 35.5. The van der Waals surface area contributed by atoms with Crippen LogP contribution in [0.3, 0.4) is 0 Å². The van der Waals surface area contributed by atoms with Crippen molar-refractivity contribution in [3.05, 3.63) is 59.1 Å². The van der Waals surface area contributed by atoms with Crippen LogP contribution in [-0.2, 0) is 9.84 Å². The average molecular weight is 353 g/mol. The van der Waals surface area contributed by atoms with Crippen molar-refractivity contribution in [2.45, 2.75) is 17.9 Å². The van der Waals surface area contributed by atoms with Crippen LogP contribution in [0.2, 0.25) is 5.02 Å². The first-order valence-corrected chi connectivity index (χ1v) is 9.16. The van der Waals surface area contributed by atoms with Gasteiger partial charge in [0.15, 0.2) is 9.84 Å². The van der Waals surface area contributed by atoms with E-state index in [1.54, 1.807) is 36.4 Å². The smallest absolute Gasteiger partial charge is 0.319 e. The third-order valence-electron chi connectivity index (χ3n) is 3.26. The first-order chi connectivity index (χ1) is 10.8. The van der Waals surface area contributed by atoms with Gasteiger partial charge in [-0.1, -0.05) is 23.7 Å². The molecule has 0 heterocycles. The highest BCUT2D eigenvalue weighted by Crippen LogP contribution is 2.17. The van der Waals surface area contributed by atoms with Crippen LogP contribution in [0, 0.1) is 0 Å². The SMILES string of the molecule is C[C@H](NC(=O)Nc1ccc(Cl)cc1)c1ccc(S(C)(=O)=O)cc1. The Morgan fingerprint density at radius 3 is 2.13 bits per heavy atom. The molecule has 0 saturated heterocycles. The van der Waals surface area contributed by atoms with Crippen LogP contribution in [0.15, 0.2) is 53.4 Å². The van der Waals surface area contributed by atoms with Crippen LogP contribution < -0.4 is 10.6 Å². The maximum atomic E-state index is 12.0. The summed E-state index contributed by atoms with van der Waals surface area (Å²) in [4.78, 5) is 12.2. The van der Waals surface area contributed by atoms with Crippen LogP contribution >= 0.6 is 11.6 Å². The molecule has 2 aromatic carbocycles. The topological polar surface area (TPSA) is 75.3 Å². The molecule has 2 rings (SSSR count). The summed E-state index contributed by atoms with van der Waals surface area (Å²) >= 11 is 5.79. The monoisotopic (exact) mass is 352 g/mol. The van der Waals surface area contributed by atoms with Gasteiger partial charge in [-0.3, -0.25) is 0 Å². The molecule has 23 heavy (non-hydrogen) atoms. The van der Waals surface area contributed by atoms with E-state index < -0.39 is 9.84 Å². The molecule has 0 fully saturated rings. The van der Waals surface area contributed by atoms with Gasteiger partial charge in [0.2, 0.25) is 0 Å². The average Bonchev–Trinajstić information content (AvgIpc) is 2.49. The number of hydrogen-bond donors (Lipinski definition) is 2. The zero-order valence-electron chi connectivity index (χ0n) is 12.7. The first-order valence-electron chi connectivity index (χ1n) is 6.89. The lowest BCUT2D eigenvalue weighted by atomic mass is 10.1. The number of carbonyl (C=O) groups excluding carboxylic acids is 1. The van der Waals surface area contributed by atoms with Crippen LogP contribution in [0.25, 0.3) is 0 Å². The second kappa shape index (κ2) is 7.02. The Bertz CT molecular complexity index is 787. The maximum absolute atomic E-state index is 12.0. The number of urea groups is 1. The lowest BCUT2D eigenvalue weighted by Gasteiger charge is -2.15. The summed E-state index contributed by atoms with van der Waals surface area (Å²) in [5.74, 6) is 0. The molecule has 2 amide bonds. The third kappa shape index (κ3) is 4.97. The van der Waals surface area contributed by atoms with E-state index in [2.05, 4.69) is 10.6 Å². The first kappa shape index (κ1) is 17.3. The van der Waals surface area contributed by atoms with Gasteiger partial charge in [0, 0.05) is 17.0 Å². The molecule has 0 aliphatic heterocycles. The molecular formula is C16H17ClN2O3S. The van der Waals surface area contributed by atoms with Crippen molar-refractivity contribution in [3.8, 4) is 0 Å². The predicted octanol–water partition coefficient (Wildman–Crippen LogP) is 3.63. The molecule has 5 nitrogen and oxygen atoms in total. The maximum Gasteiger partial charge on any atom is 0.319 e. The molecule has 122 valence electrons. The largest absolute Gasteiger partial charge is 0.331 e. The summed E-state index contributed by atoms with van der Waals surface area (Å²) in [6.07, 6.45) is 1.16. The standard InChI is InChI=1S/C16H17ClN2O3S/c1-11(12-3-9-15(10-4-12)23(2,21)22)18-16(20)19-14-7-5-13(17)6-8-14/h3-11H,1-2H3,(H2,18,19,20)/t11-/m0/s1. The molecule has 2 N–H and O–H groups in total. The summed E-state index contributed by atoms with van der Waals surface area (Å²) in [5.41, 5.74) is 1.44.